The first-order valence-electron chi connectivity index (χ1n) is 8.12. The first-order chi connectivity index (χ1) is 9.99. The Morgan fingerprint density at radius 3 is 2.57 bits per heavy atom. The molecule has 1 unspecified atom stereocenters. The number of hydrogen-bond donors (Lipinski definition) is 1. The summed E-state index contributed by atoms with van der Waals surface area (Å²) in [5.41, 5.74) is 9.65. The van der Waals surface area contributed by atoms with E-state index in [0.717, 1.165) is 31.4 Å². The van der Waals surface area contributed by atoms with E-state index in [4.69, 9.17) is 5.73 Å². The standard InChI is InChI=1S/C18H28N2O/c1-13(2)17(19)10-11-20(3)18(21)16-9-8-14-6-4-5-7-15(14)12-16/h8-9,12-13,17H,4-7,10-11,19H2,1-3H3. The lowest BCUT2D eigenvalue weighted by molar-refractivity contribution is 0.0789. The molecule has 2 N–H and O–H groups in total. The highest BCUT2D eigenvalue weighted by molar-refractivity contribution is 5.94. The molecule has 1 atom stereocenters. The van der Waals surface area contributed by atoms with Crippen LogP contribution >= 0.6 is 0 Å². The van der Waals surface area contributed by atoms with Crippen LogP contribution in [-0.2, 0) is 12.8 Å². The Morgan fingerprint density at radius 1 is 1.24 bits per heavy atom. The number of aryl methyl sites for hydroxylation is 2. The molecule has 1 aromatic carbocycles. The van der Waals surface area contributed by atoms with Gasteiger partial charge in [-0.05, 0) is 61.3 Å². The Hall–Kier alpha value is -1.35. The molecule has 3 heteroatoms. The van der Waals surface area contributed by atoms with Crippen LogP contribution in [0, 0.1) is 5.92 Å². The molecule has 1 aromatic rings. The number of amides is 1. The Kier molecular flexibility index (Phi) is 5.40. The molecule has 1 amide bonds. The lowest BCUT2D eigenvalue weighted by atomic mass is 9.90. The van der Waals surface area contributed by atoms with Crippen LogP contribution in [0.5, 0.6) is 0 Å². The minimum atomic E-state index is 0.110. The zero-order valence-corrected chi connectivity index (χ0v) is 13.6. The topological polar surface area (TPSA) is 46.3 Å². The average molecular weight is 288 g/mol. The molecule has 0 saturated heterocycles. The summed E-state index contributed by atoms with van der Waals surface area (Å²) in [6.07, 6.45) is 5.63. The van der Waals surface area contributed by atoms with Crippen molar-refractivity contribution >= 4 is 5.91 Å². The molecule has 0 fully saturated rings. The maximum atomic E-state index is 12.5. The number of fused-ring (bicyclic) bond motifs is 1. The van der Waals surface area contributed by atoms with Gasteiger partial charge in [0, 0.05) is 25.2 Å². The van der Waals surface area contributed by atoms with Crippen molar-refractivity contribution in [1.82, 2.24) is 4.90 Å². The third-order valence-corrected chi connectivity index (χ3v) is 4.60. The summed E-state index contributed by atoms with van der Waals surface area (Å²) in [7, 11) is 1.87. The van der Waals surface area contributed by atoms with Crippen molar-refractivity contribution in [3.8, 4) is 0 Å². The second kappa shape index (κ2) is 7.08. The van der Waals surface area contributed by atoms with Gasteiger partial charge in [-0.3, -0.25) is 4.79 Å². The van der Waals surface area contributed by atoms with Gasteiger partial charge < -0.3 is 10.6 Å². The van der Waals surface area contributed by atoms with Gasteiger partial charge in [-0.15, -0.1) is 0 Å². The summed E-state index contributed by atoms with van der Waals surface area (Å²) in [6.45, 7) is 4.96. The maximum Gasteiger partial charge on any atom is 0.253 e. The monoisotopic (exact) mass is 288 g/mol. The molecule has 3 nitrogen and oxygen atoms in total. The largest absolute Gasteiger partial charge is 0.342 e. The summed E-state index contributed by atoms with van der Waals surface area (Å²) in [6, 6.07) is 6.36. The van der Waals surface area contributed by atoms with Gasteiger partial charge in [0.2, 0.25) is 0 Å². The first kappa shape index (κ1) is 16.0. The second-order valence-corrected chi connectivity index (χ2v) is 6.61. The number of carbonyl (C=O) groups is 1. The molecule has 0 aromatic heterocycles. The average Bonchev–Trinajstić information content (AvgIpc) is 2.50. The highest BCUT2D eigenvalue weighted by Gasteiger charge is 2.17. The molecule has 21 heavy (non-hydrogen) atoms. The maximum absolute atomic E-state index is 12.5. The van der Waals surface area contributed by atoms with Gasteiger partial charge in [-0.2, -0.15) is 0 Å². The van der Waals surface area contributed by atoms with Crippen molar-refractivity contribution in [2.45, 2.75) is 52.0 Å². The summed E-state index contributed by atoms with van der Waals surface area (Å²) >= 11 is 0. The third-order valence-electron chi connectivity index (χ3n) is 4.60. The van der Waals surface area contributed by atoms with E-state index in [1.807, 2.05) is 13.1 Å². The minimum absolute atomic E-state index is 0.110. The number of hydrogen-bond acceptors (Lipinski definition) is 2. The van der Waals surface area contributed by atoms with Gasteiger partial charge in [-0.1, -0.05) is 19.9 Å². The van der Waals surface area contributed by atoms with Gasteiger partial charge in [0.15, 0.2) is 0 Å². The van der Waals surface area contributed by atoms with Crippen LogP contribution < -0.4 is 5.73 Å². The Balaban J connectivity index is 1.99. The predicted molar refractivity (Wildman–Crippen MR) is 87.5 cm³/mol. The summed E-state index contributed by atoms with van der Waals surface area (Å²) in [4.78, 5) is 14.3. The van der Waals surface area contributed by atoms with E-state index >= 15 is 0 Å². The van der Waals surface area contributed by atoms with Gasteiger partial charge in [0.25, 0.3) is 5.91 Å². The molecule has 2 rings (SSSR count). The van der Waals surface area contributed by atoms with Crippen LogP contribution in [0.3, 0.4) is 0 Å². The molecule has 1 aliphatic rings. The molecule has 0 aliphatic heterocycles. The summed E-state index contributed by atoms with van der Waals surface area (Å²) in [5.74, 6) is 0.566. The molecule has 1 aliphatic carbocycles. The van der Waals surface area contributed by atoms with Crippen LogP contribution in [0.25, 0.3) is 0 Å². The lowest BCUT2D eigenvalue weighted by Gasteiger charge is -2.22. The smallest absolute Gasteiger partial charge is 0.253 e. The Morgan fingerprint density at radius 2 is 1.90 bits per heavy atom. The predicted octanol–water partition coefficient (Wildman–Crippen LogP) is 3.01. The SMILES string of the molecule is CC(C)C(N)CCN(C)C(=O)c1ccc2c(c1)CCCC2. The van der Waals surface area contributed by atoms with Crippen molar-refractivity contribution in [3.63, 3.8) is 0 Å². The highest BCUT2D eigenvalue weighted by atomic mass is 16.2. The Labute approximate surface area is 128 Å². The normalized spacial score (nSPS) is 15.7. The summed E-state index contributed by atoms with van der Waals surface area (Å²) < 4.78 is 0. The summed E-state index contributed by atoms with van der Waals surface area (Å²) in [5, 5.41) is 0. The fraction of sp³-hybridized carbons (Fsp3) is 0.611. The van der Waals surface area contributed by atoms with Crippen molar-refractivity contribution in [2.24, 2.45) is 11.7 Å². The lowest BCUT2D eigenvalue weighted by Crippen LogP contribution is -2.34. The van der Waals surface area contributed by atoms with E-state index in [1.165, 1.54) is 24.0 Å². The molecular weight excluding hydrogens is 260 g/mol. The van der Waals surface area contributed by atoms with E-state index in [0.29, 0.717) is 5.92 Å². The zero-order valence-electron chi connectivity index (χ0n) is 13.6. The van der Waals surface area contributed by atoms with E-state index in [2.05, 4.69) is 26.0 Å². The van der Waals surface area contributed by atoms with Gasteiger partial charge in [-0.25, -0.2) is 0 Å². The second-order valence-electron chi connectivity index (χ2n) is 6.61. The quantitative estimate of drug-likeness (QED) is 0.905. The minimum Gasteiger partial charge on any atom is -0.342 e. The number of benzene rings is 1. The molecule has 0 radical (unpaired) electrons. The van der Waals surface area contributed by atoms with Gasteiger partial charge in [0.1, 0.15) is 0 Å². The molecular formula is C18H28N2O. The fourth-order valence-electron chi connectivity index (χ4n) is 2.86. The highest BCUT2D eigenvalue weighted by Crippen LogP contribution is 2.22. The van der Waals surface area contributed by atoms with Crippen LogP contribution in [-0.4, -0.2) is 30.4 Å². The molecule has 0 spiro atoms. The van der Waals surface area contributed by atoms with Crippen LogP contribution in [0.15, 0.2) is 18.2 Å². The number of rotatable bonds is 5. The third kappa shape index (κ3) is 4.07. The van der Waals surface area contributed by atoms with Crippen molar-refractivity contribution in [1.29, 1.82) is 0 Å². The van der Waals surface area contributed by atoms with E-state index in [-0.39, 0.29) is 11.9 Å². The molecule has 0 bridgehead atoms. The van der Waals surface area contributed by atoms with E-state index in [1.54, 1.807) is 4.90 Å². The van der Waals surface area contributed by atoms with Gasteiger partial charge in [0.05, 0.1) is 0 Å². The zero-order chi connectivity index (χ0) is 15.4. The van der Waals surface area contributed by atoms with E-state index in [9.17, 15) is 4.79 Å². The van der Waals surface area contributed by atoms with Crippen molar-refractivity contribution in [3.05, 3.63) is 34.9 Å². The number of nitrogens with two attached hydrogens (primary N) is 1. The van der Waals surface area contributed by atoms with Crippen LogP contribution in [0.1, 0.15) is 54.6 Å². The molecule has 0 saturated carbocycles. The van der Waals surface area contributed by atoms with Crippen LogP contribution in [0.2, 0.25) is 0 Å². The van der Waals surface area contributed by atoms with Crippen molar-refractivity contribution < 1.29 is 4.79 Å². The number of nitrogens with zero attached hydrogens (tertiary/aromatic N) is 1. The fourth-order valence-corrected chi connectivity index (χ4v) is 2.86. The molecule has 116 valence electrons. The van der Waals surface area contributed by atoms with Crippen LogP contribution in [0.4, 0.5) is 0 Å². The molecule has 0 heterocycles. The Bertz CT molecular complexity index is 496. The van der Waals surface area contributed by atoms with E-state index < -0.39 is 0 Å². The van der Waals surface area contributed by atoms with Gasteiger partial charge >= 0.3 is 0 Å². The van der Waals surface area contributed by atoms with Crippen molar-refractivity contribution in [2.75, 3.05) is 13.6 Å². The number of carbonyl (C=O) groups excluding carboxylic acids is 1. The first-order valence-corrected chi connectivity index (χ1v) is 8.12.